The molecule has 1 aromatic rings. The Morgan fingerprint density at radius 1 is 1.60 bits per heavy atom. The van der Waals surface area contributed by atoms with Crippen molar-refractivity contribution in [3.8, 4) is 0 Å². The number of carbonyl (C=O) groups is 1. The summed E-state index contributed by atoms with van der Waals surface area (Å²) in [6.45, 7) is 1.43. The number of amides is 1. The molecule has 1 saturated heterocycles. The number of likely N-dealkylation sites (tertiary alicyclic amines) is 1. The van der Waals surface area contributed by atoms with E-state index in [1.807, 2.05) is 0 Å². The summed E-state index contributed by atoms with van der Waals surface area (Å²) in [5.41, 5.74) is -0.0115. The molecule has 0 spiro atoms. The van der Waals surface area contributed by atoms with Gasteiger partial charge in [-0.25, -0.2) is 5.10 Å². The quantitative estimate of drug-likeness (QED) is 0.751. The summed E-state index contributed by atoms with van der Waals surface area (Å²) < 4.78 is 0. The van der Waals surface area contributed by atoms with E-state index in [2.05, 4.69) is 26.1 Å². The number of aromatic nitrogens is 2. The van der Waals surface area contributed by atoms with Gasteiger partial charge in [0.05, 0.1) is 0 Å². The molecule has 1 amide bonds. The third-order valence-corrected chi connectivity index (χ3v) is 3.06. The minimum Gasteiger partial charge on any atom is -0.336 e. The number of hydrogen-bond acceptors (Lipinski definition) is 3. The van der Waals surface area contributed by atoms with Crippen molar-refractivity contribution in [2.75, 3.05) is 13.1 Å². The number of hydrogen-bond donors (Lipinski definition) is 1. The average molecular weight is 272 g/mol. The number of halogens is 1. The lowest BCUT2D eigenvalue weighted by Crippen LogP contribution is -2.30. The van der Waals surface area contributed by atoms with Gasteiger partial charge >= 0.3 is 0 Å². The molecule has 0 radical (unpaired) electrons. The van der Waals surface area contributed by atoms with Gasteiger partial charge in [0.25, 0.3) is 11.5 Å². The Balaban J connectivity index is 2.14. The smallest absolute Gasteiger partial charge is 0.274 e. The molecule has 80 valence electrons. The molecule has 0 bridgehead atoms. The highest BCUT2D eigenvalue weighted by atomic mass is 79.9. The minimum atomic E-state index is -0.300. The van der Waals surface area contributed by atoms with Crippen LogP contribution in [-0.4, -0.2) is 38.9 Å². The average Bonchev–Trinajstić information content (AvgIpc) is 2.65. The molecule has 2 rings (SSSR count). The van der Waals surface area contributed by atoms with Crippen molar-refractivity contribution in [3.63, 3.8) is 0 Å². The molecule has 5 nitrogen and oxygen atoms in total. The van der Waals surface area contributed by atoms with E-state index in [9.17, 15) is 9.59 Å². The standard InChI is InChI=1S/C9H10BrN3O2/c10-6-3-4-13(5-6)9(15)7-1-2-8(14)12-11-7/h1-2,6H,3-5H2,(H,12,14). The topological polar surface area (TPSA) is 66.1 Å². The lowest BCUT2D eigenvalue weighted by atomic mass is 10.3. The number of rotatable bonds is 1. The van der Waals surface area contributed by atoms with Crippen LogP contribution in [0.5, 0.6) is 0 Å². The van der Waals surface area contributed by atoms with Gasteiger partial charge in [0.2, 0.25) is 0 Å². The third-order valence-electron chi connectivity index (χ3n) is 2.32. The first-order valence-corrected chi connectivity index (χ1v) is 5.57. The molecule has 2 heterocycles. The first-order valence-electron chi connectivity index (χ1n) is 4.66. The molecule has 1 unspecified atom stereocenters. The highest BCUT2D eigenvalue weighted by molar-refractivity contribution is 9.09. The molecular weight excluding hydrogens is 262 g/mol. The highest BCUT2D eigenvalue weighted by Crippen LogP contribution is 2.17. The van der Waals surface area contributed by atoms with Gasteiger partial charge < -0.3 is 4.90 Å². The Morgan fingerprint density at radius 2 is 2.40 bits per heavy atom. The van der Waals surface area contributed by atoms with Crippen LogP contribution in [0.15, 0.2) is 16.9 Å². The second-order valence-electron chi connectivity index (χ2n) is 3.44. The summed E-state index contributed by atoms with van der Waals surface area (Å²) >= 11 is 3.46. The summed E-state index contributed by atoms with van der Waals surface area (Å²) in [6, 6.07) is 2.75. The van der Waals surface area contributed by atoms with E-state index in [4.69, 9.17) is 0 Å². The number of carbonyl (C=O) groups excluding carboxylic acids is 1. The number of aromatic amines is 1. The van der Waals surface area contributed by atoms with Crippen LogP contribution >= 0.6 is 15.9 Å². The predicted octanol–water partition coefficient (Wildman–Crippen LogP) is 0.379. The van der Waals surface area contributed by atoms with Crippen molar-refractivity contribution in [1.29, 1.82) is 0 Å². The lowest BCUT2D eigenvalue weighted by molar-refractivity contribution is 0.0786. The van der Waals surface area contributed by atoms with Crippen molar-refractivity contribution >= 4 is 21.8 Å². The van der Waals surface area contributed by atoms with E-state index in [0.29, 0.717) is 11.4 Å². The van der Waals surface area contributed by atoms with Crippen LogP contribution in [0.1, 0.15) is 16.9 Å². The molecular formula is C9H10BrN3O2. The molecule has 1 atom stereocenters. The minimum absolute atomic E-state index is 0.131. The fourth-order valence-corrected chi connectivity index (χ4v) is 2.08. The predicted molar refractivity (Wildman–Crippen MR) is 58.1 cm³/mol. The van der Waals surface area contributed by atoms with Crippen molar-refractivity contribution in [2.24, 2.45) is 0 Å². The summed E-state index contributed by atoms with van der Waals surface area (Å²) in [7, 11) is 0. The maximum Gasteiger partial charge on any atom is 0.274 e. The first-order chi connectivity index (χ1) is 7.16. The molecule has 0 aliphatic carbocycles. The van der Waals surface area contributed by atoms with Crippen LogP contribution in [0.3, 0.4) is 0 Å². The number of alkyl halides is 1. The zero-order valence-electron chi connectivity index (χ0n) is 7.94. The van der Waals surface area contributed by atoms with E-state index >= 15 is 0 Å². The zero-order valence-corrected chi connectivity index (χ0v) is 9.53. The molecule has 0 saturated carbocycles. The van der Waals surface area contributed by atoms with E-state index in [0.717, 1.165) is 13.0 Å². The van der Waals surface area contributed by atoms with Gasteiger partial charge in [-0.05, 0) is 12.5 Å². The third kappa shape index (κ3) is 2.26. The maximum absolute atomic E-state index is 11.8. The maximum atomic E-state index is 11.8. The molecule has 15 heavy (non-hydrogen) atoms. The van der Waals surface area contributed by atoms with Crippen LogP contribution in [0, 0.1) is 0 Å². The Kier molecular flexibility index (Phi) is 2.86. The molecule has 1 fully saturated rings. The molecule has 6 heteroatoms. The molecule has 1 aliphatic heterocycles. The molecule has 1 aromatic heterocycles. The van der Waals surface area contributed by atoms with Gasteiger partial charge in [-0.1, -0.05) is 15.9 Å². The molecule has 0 aromatic carbocycles. The lowest BCUT2D eigenvalue weighted by Gasteiger charge is -2.14. The summed E-state index contributed by atoms with van der Waals surface area (Å²) in [5.74, 6) is -0.131. The normalized spacial score (nSPS) is 20.6. The van der Waals surface area contributed by atoms with Crippen molar-refractivity contribution in [1.82, 2.24) is 15.1 Å². The first kappa shape index (κ1) is 10.4. The SMILES string of the molecule is O=C(c1ccc(=O)[nH]n1)N1CCC(Br)C1. The van der Waals surface area contributed by atoms with Crippen LogP contribution in [0.2, 0.25) is 0 Å². The Labute approximate surface area is 94.6 Å². The number of nitrogens with zero attached hydrogens (tertiary/aromatic N) is 2. The van der Waals surface area contributed by atoms with Crippen LogP contribution in [0.25, 0.3) is 0 Å². The number of nitrogens with one attached hydrogen (secondary N) is 1. The summed E-state index contributed by atoms with van der Waals surface area (Å²) in [6.07, 6.45) is 0.953. The Bertz CT molecular complexity index is 411. The second-order valence-corrected chi connectivity index (χ2v) is 4.74. The second kappa shape index (κ2) is 4.14. The van der Waals surface area contributed by atoms with Gasteiger partial charge in [-0.3, -0.25) is 9.59 Å². The molecule has 1 aliphatic rings. The highest BCUT2D eigenvalue weighted by Gasteiger charge is 2.25. The van der Waals surface area contributed by atoms with Crippen molar-refractivity contribution in [2.45, 2.75) is 11.2 Å². The monoisotopic (exact) mass is 271 g/mol. The Morgan fingerprint density at radius 3 is 2.93 bits per heavy atom. The van der Waals surface area contributed by atoms with Gasteiger partial charge in [0.1, 0.15) is 5.69 Å². The van der Waals surface area contributed by atoms with E-state index in [1.165, 1.54) is 12.1 Å². The fraction of sp³-hybridized carbons (Fsp3) is 0.444. The number of H-pyrrole nitrogens is 1. The van der Waals surface area contributed by atoms with Crippen molar-refractivity contribution < 1.29 is 4.79 Å². The van der Waals surface area contributed by atoms with Crippen LogP contribution in [0.4, 0.5) is 0 Å². The summed E-state index contributed by atoms with van der Waals surface area (Å²) in [4.78, 5) is 24.7. The van der Waals surface area contributed by atoms with Crippen LogP contribution in [-0.2, 0) is 0 Å². The molecule has 1 N–H and O–H groups in total. The Hall–Kier alpha value is -1.17. The van der Waals surface area contributed by atoms with Crippen molar-refractivity contribution in [3.05, 3.63) is 28.2 Å². The van der Waals surface area contributed by atoms with Gasteiger partial charge in [-0.15, -0.1) is 0 Å². The van der Waals surface area contributed by atoms with Gasteiger partial charge in [0.15, 0.2) is 0 Å². The van der Waals surface area contributed by atoms with E-state index in [-0.39, 0.29) is 17.2 Å². The summed E-state index contributed by atoms with van der Waals surface area (Å²) in [5, 5.41) is 5.95. The zero-order chi connectivity index (χ0) is 10.8. The van der Waals surface area contributed by atoms with Gasteiger partial charge in [0, 0.05) is 24.0 Å². The fourth-order valence-electron chi connectivity index (χ4n) is 1.53. The largest absolute Gasteiger partial charge is 0.336 e. The van der Waals surface area contributed by atoms with E-state index in [1.54, 1.807) is 4.90 Å². The van der Waals surface area contributed by atoms with Crippen LogP contribution < -0.4 is 5.56 Å². The van der Waals surface area contributed by atoms with E-state index < -0.39 is 0 Å². The van der Waals surface area contributed by atoms with Gasteiger partial charge in [-0.2, -0.15) is 5.10 Å².